The van der Waals surface area contributed by atoms with Gasteiger partial charge in [0, 0.05) is 6.42 Å². The van der Waals surface area contributed by atoms with E-state index in [9.17, 15) is 14.4 Å². The third-order valence-electron chi connectivity index (χ3n) is 4.60. The maximum atomic E-state index is 13.0. The highest BCUT2D eigenvalue weighted by molar-refractivity contribution is 6.23. The molecule has 2 aromatic rings. The Morgan fingerprint density at radius 1 is 1.21 bits per heavy atom. The number of nitrogens with zero attached hydrogens (tertiary/aromatic N) is 2. The van der Waals surface area contributed by atoms with Crippen LogP contribution in [0, 0.1) is 0 Å². The number of amides is 3. The lowest BCUT2D eigenvalue weighted by atomic mass is 10.2. The lowest BCUT2D eigenvalue weighted by Crippen LogP contribution is -2.44. The van der Waals surface area contributed by atoms with Crippen molar-refractivity contribution in [2.75, 3.05) is 11.5 Å². The summed E-state index contributed by atoms with van der Waals surface area (Å²) in [6.07, 6.45) is 2.60. The Labute approximate surface area is 163 Å². The molecule has 1 aromatic carbocycles. The predicted octanol–water partition coefficient (Wildman–Crippen LogP) is 3.14. The summed E-state index contributed by atoms with van der Waals surface area (Å²) in [5, 5.41) is 0. The first-order chi connectivity index (χ1) is 13.5. The molecule has 28 heavy (non-hydrogen) atoms. The van der Waals surface area contributed by atoms with Crippen LogP contribution in [0.15, 0.2) is 47.1 Å². The van der Waals surface area contributed by atoms with Crippen LogP contribution in [0.2, 0.25) is 0 Å². The van der Waals surface area contributed by atoms with E-state index in [0.29, 0.717) is 23.8 Å². The molecule has 0 radical (unpaired) electrons. The zero-order valence-electron chi connectivity index (χ0n) is 16.1. The van der Waals surface area contributed by atoms with Crippen molar-refractivity contribution in [3.05, 3.63) is 48.4 Å². The first kappa shape index (κ1) is 19.7. The normalized spacial score (nSPS) is 16.5. The summed E-state index contributed by atoms with van der Waals surface area (Å²) in [6, 6.07) is 9.46. The topological polar surface area (TPSA) is 80.1 Å². The van der Waals surface area contributed by atoms with Gasteiger partial charge in [0.05, 0.1) is 31.5 Å². The first-order valence-corrected chi connectivity index (χ1v) is 9.46. The largest absolute Gasteiger partial charge is 0.494 e. The maximum absolute atomic E-state index is 13.0. The summed E-state index contributed by atoms with van der Waals surface area (Å²) in [5.74, 6) is 0.318. The van der Waals surface area contributed by atoms with Gasteiger partial charge in [-0.05, 0) is 42.8 Å². The number of carbonyl (C=O) groups is 3. The quantitative estimate of drug-likeness (QED) is 0.653. The van der Waals surface area contributed by atoms with Crippen LogP contribution < -0.4 is 9.64 Å². The van der Waals surface area contributed by atoms with E-state index >= 15 is 0 Å². The van der Waals surface area contributed by atoms with E-state index in [1.165, 1.54) is 11.2 Å². The van der Waals surface area contributed by atoms with Gasteiger partial charge >= 0.3 is 0 Å². The molecule has 1 aliphatic rings. The Balaban J connectivity index is 1.80. The number of anilines is 1. The third kappa shape index (κ3) is 4.08. The molecule has 0 saturated carbocycles. The summed E-state index contributed by atoms with van der Waals surface area (Å²) < 4.78 is 10.9. The van der Waals surface area contributed by atoms with Gasteiger partial charge in [-0.2, -0.15) is 0 Å². The smallest absolute Gasteiger partial charge is 0.257 e. The summed E-state index contributed by atoms with van der Waals surface area (Å²) >= 11 is 0. The Hall–Kier alpha value is -3.09. The standard InChI is InChI=1S/C21H24N2O5/c1-3-11-27-16-9-7-15(8-10-16)23-20(25)13-18(21(23)26)22(19(24)4-2)14-17-6-5-12-28-17/h5-10,12,18H,3-4,11,13-14H2,1-2H3/t18-/m0/s1. The van der Waals surface area contributed by atoms with Gasteiger partial charge in [-0.3, -0.25) is 14.4 Å². The molecule has 1 atom stereocenters. The molecule has 0 N–H and O–H groups in total. The Bertz CT molecular complexity index is 829. The van der Waals surface area contributed by atoms with Crippen LogP contribution in [-0.4, -0.2) is 35.3 Å². The molecule has 1 saturated heterocycles. The van der Waals surface area contributed by atoms with E-state index < -0.39 is 11.9 Å². The molecule has 3 rings (SSSR count). The van der Waals surface area contributed by atoms with Crippen LogP contribution in [0.5, 0.6) is 5.75 Å². The second-order valence-corrected chi connectivity index (χ2v) is 6.58. The number of carbonyl (C=O) groups excluding carboxylic acids is 3. The molecule has 2 heterocycles. The predicted molar refractivity (Wildman–Crippen MR) is 103 cm³/mol. The van der Waals surface area contributed by atoms with Gasteiger partial charge in [0.2, 0.25) is 11.8 Å². The van der Waals surface area contributed by atoms with E-state index in [2.05, 4.69) is 0 Å². The third-order valence-corrected chi connectivity index (χ3v) is 4.60. The van der Waals surface area contributed by atoms with Gasteiger partial charge in [-0.25, -0.2) is 4.90 Å². The zero-order valence-corrected chi connectivity index (χ0v) is 16.1. The molecular formula is C21H24N2O5. The molecule has 148 valence electrons. The van der Waals surface area contributed by atoms with E-state index in [0.717, 1.165) is 11.3 Å². The van der Waals surface area contributed by atoms with Gasteiger partial charge in [0.1, 0.15) is 17.6 Å². The summed E-state index contributed by atoms with van der Waals surface area (Å²) in [6.45, 7) is 4.50. The van der Waals surface area contributed by atoms with E-state index in [4.69, 9.17) is 9.15 Å². The molecule has 7 heteroatoms. The number of hydrogen-bond acceptors (Lipinski definition) is 5. The van der Waals surface area contributed by atoms with E-state index in [1.807, 2.05) is 6.92 Å². The van der Waals surface area contributed by atoms with Crippen LogP contribution in [0.3, 0.4) is 0 Å². The fraction of sp³-hybridized carbons (Fsp3) is 0.381. The Kier molecular flexibility index (Phi) is 6.13. The van der Waals surface area contributed by atoms with Crippen molar-refractivity contribution in [3.63, 3.8) is 0 Å². The zero-order chi connectivity index (χ0) is 20.1. The number of hydrogen-bond donors (Lipinski definition) is 0. The summed E-state index contributed by atoms with van der Waals surface area (Å²) in [4.78, 5) is 40.6. The molecule has 0 unspecified atom stereocenters. The van der Waals surface area contributed by atoms with Crippen LogP contribution >= 0.6 is 0 Å². The molecular weight excluding hydrogens is 360 g/mol. The number of benzene rings is 1. The maximum Gasteiger partial charge on any atom is 0.257 e. The second kappa shape index (κ2) is 8.73. The monoisotopic (exact) mass is 384 g/mol. The Morgan fingerprint density at radius 2 is 1.96 bits per heavy atom. The molecule has 1 fully saturated rings. The van der Waals surface area contributed by atoms with Crippen molar-refractivity contribution in [1.29, 1.82) is 0 Å². The minimum absolute atomic E-state index is 0.0423. The minimum Gasteiger partial charge on any atom is -0.494 e. The number of ether oxygens (including phenoxy) is 1. The highest BCUT2D eigenvalue weighted by atomic mass is 16.5. The highest BCUT2D eigenvalue weighted by Crippen LogP contribution is 2.28. The van der Waals surface area contributed by atoms with Crippen molar-refractivity contribution in [2.45, 2.75) is 45.7 Å². The first-order valence-electron chi connectivity index (χ1n) is 9.46. The fourth-order valence-corrected chi connectivity index (χ4v) is 3.19. The molecule has 0 aliphatic carbocycles. The van der Waals surface area contributed by atoms with Gasteiger partial charge < -0.3 is 14.1 Å². The van der Waals surface area contributed by atoms with Crippen molar-refractivity contribution < 1.29 is 23.5 Å². The minimum atomic E-state index is -0.832. The molecule has 1 aliphatic heterocycles. The van der Waals surface area contributed by atoms with Crippen LogP contribution in [0.1, 0.15) is 38.9 Å². The molecule has 0 spiro atoms. The lowest BCUT2D eigenvalue weighted by molar-refractivity contribution is -0.139. The number of imide groups is 1. The summed E-state index contributed by atoms with van der Waals surface area (Å²) in [5.41, 5.74) is 0.475. The average molecular weight is 384 g/mol. The molecule has 3 amide bonds. The van der Waals surface area contributed by atoms with E-state index in [-0.39, 0.29) is 31.2 Å². The van der Waals surface area contributed by atoms with Crippen LogP contribution in [-0.2, 0) is 20.9 Å². The molecule has 1 aromatic heterocycles. The van der Waals surface area contributed by atoms with Gasteiger partial charge in [-0.1, -0.05) is 13.8 Å². The van der Waals surface area contributed by atoms with Gasteiger partial charge in [-0.15, -0.1) is 0 Å². The highest BCUT2D eigenvalue weighted by Gasteiger charge is 2.44. The van der Waals surface area contributed by atoms with Crippen molar-refractivity contribution in [1.82, 2.24) is 4.90 Å². The lowest BCUT2D eigenvalue weighted by Gasteiger charge is -2.26. The molecule has 0 bridgehead atoms. The van der Waals surface area contributed by atoms with E-state index in [1.54, 1.807) is 43.3 Å². The average Bonchev–Trinajstić information content (AvgIpc) is 3.32. The fourth-order valence-electron chi connectivity index (χ4n) is 3.19. The van der Waals surface area contributed by atoms with Gasteiger partial charge in [0.15, 0.2) is 0 Å². The van der Waals surface area contributed by atoms with Crippen molar-refractivity contribution in [3.8, 4) is 5.75 Å². The number of rotatable bonds is 8. The van der Waals surface area contributed by atoms with Crippen LogP contribution in [0.4, 0.5) is 5.69 Å². The van der Waals surface area contributed by atoms with Crippen LogP contribution in [0.25, 0.3) is 0 Å². The Morgan fingerprint density at radius 3 is 2.57 bits per heavy atom. The number of furan rings is 1. The summed E-state index contributed by atoms with van der Waals surface area (Å²) in [7, 11) is 0. The van der Waals surface area contributed by atoms with Crippen molar-refractivity contribution in [2.24, 2.45) is 0 Å². The molecule has 7 nitrogen and oxygen atoms in total. The SMILES string of the molecule is CCCOc1ccc(N2C(=O)C[C@H](N(Cc3ccco3)C(=O)CC)C2=O)cc1. The van der Waals surface area contributed by atoms with Gasteiger partial charge in [0.25, 0.3) is 5.91 Å². The second-order valence-electron chi connectivity index (χ2n) is 6.58. The van der Waals surface area contributed by atoms with Crippen molar-refractivity contribution >= 4 is 23.4 Å².